The van der Waals surface area contributed by atoms with E-state index in [2.05, 4.69) is 26.6 Å². The number of benzene rings is 2. The summed E-state index contributed by atoms with van der Waals surface area (Å²) >= 11 is 0. The molecule has 0 bridgehead atoms. The highest BCUT2D eigenvalue weighted by molar-refractivity contribution is 6.13. The zero-order valence-corrected chi connectivity index (χ0v) is 48.2. The second kappa shape index (κ2) is 26.5. The summed E-state index contributed by atoms with van der Waals surface area (Å²) in [4.78, 5) is 153. The highest BCUT2D eigenvalue weighted by Crippen LogP contribution is 2.46. The van der Waals surface area contributed by atoms with E-state index in [1.165, 1.54) is 22.8 Å². The number of pyridine rings is 2. The Bertz CT molecular complexity index is 3430. The lowest BCUT2D eigenvalue weighted by Gasteiger charge is -2.31. The van der Waals surface area contributed by atoms with Gasteiger partial charge < -0.3 is 51.5 Å². The molecular formula is C60H71FN10O14. The first kappa shape index (κ1) is 62.3. The minimum atomic E-state index is -2.09. The van der Waals surface area contributed by atoms with Gasteiger partial charge in [-0.15, -0.1) is 0 Å². The molecule has 9 amide bonds. The molecule has 0 unspecified atom stereocenters. The number of cyclic esters (lactones) is 1. The number of carbonyl (C=O) groups is 10. The molecule has 85 heavy (non-hydrogen) atoms. The number of ether oxygens (including phenoxy) is 2. The van der Waals surface area contributed by atoms with Crippen molar-refractivity contribution in [3.63, 3.8) is 0 Å². The predicted octanol–water partition coefficient (Wildman–Crippen LogP) is 2.45. The van der Waals surface area contributed by atoms with Gasteiger partial charge in [0.15, 0.2) is 5.60 Å². The fourth-order valence-electron chi connectivity index (χ4n) is 11.1. The van der Waals surface area contributed by atoms with Gasteiger partial charge in [0.05, 0.1) is 48.1 Å². The summed E-state index contributed by atoms with van der Waals surface area (Å²) in [5.41, 5.74) is 5.96. The van der Waals surface area contributed by atoms with Gasteiger partial charge in [0.2, 0.25) is 29.5 Å². The van der Waals surface area contributed by atoms with Crippen LogP contribution in [-0.2, 0) is 84.2 Å². The lowest BCUT2D eigenvalue weighted by Crippen LogP contribution is -2.55. The normalized spacial score (nSPS) is 17.2. The molecule has 3 aliphatic heterocycles. The van der Waals surface area contributed by atoms with E-state index in [9.17, 15) is 57.8 Å². The molecule has 0 spiro atoms. The quantitative estimate of drug-likeness (QED) is 0.0265. The van der Waals surface area contributed by atoms with Gasteiger partial charge >= 0.3 is 12.1 Å². The fraction of sp³-hybridized carbons (Fsp3) is 0.467. The second-order valence-electron chi connectivity index (χ2n) is 22.6. The average Bonchev–Trinajstić information content (AvgIpc) is 1.72. The van der Waals surface area contributed by atoms with Crippen molar-refractivity contribution in [2.24, 2.45) is 5.73 Å². The molecule has 8 N–H and O–H groups in total. The third-order valence-corrected chi connectivity index (χ3v) is 15.5. The number of nitrogens with two attached hydrogens (primary N) is 1. The zero-order valence-electron chi connectivity index (χ0n) is 48.2. The van der Waals surface area contributed by atoms with Crippen molar-refractivity contribution in [2.75, 3.05) is 32.7 Å². The van der Waals surface area contributed by atoms with Crippen LogP contribution >= 0.6 is 0 Å². The molecule has 5 heterocycles. The fourth-order valence-corrected chi connectivity index (χ4v) is 11.1. The van der Waals surface area contributed by atoms with Crippen molar-refractivity contribution in [1.82, 2.24) is 45.9 Å². The van der Waals surface area contributed by atoms with Crippen molar-refractivity contribution in [2.45, 2.75) is 148 Å². The van der Waals surface area contributed by atoms with Crippen LogP contribution in [0, 0.1) is 12.7 Å². The molecule has 452 valence electrons. The highest BCUT2D eigenvalue weighted by Gasteiger charge is 2.46. The summed E-state index contributed by atoms with van der Waals surface area (Å²) < 4.78 is 27.7. The lowest BCUT2D eigenvalue weighted by atomic mass is 9.81. The maximum absolute atomic E-state index is 15.6. The van der Waals surface area contributed by atoms with Crippen LogP contribution in [-0.4, -0.2) is 134 Å². The Labute approximate surface area is 488 Å². The molecular weight excluding hydrogens is 1100 g/mol. The van der Waals surface area contributed by atoms with Gasteiger partial charge in [-0.25, -0.2) is 23.9 Å². The summed E-state index contributed by atoms with van der Waals surface area (Å²) in [6.07, 6.45) is 3.80. The van der Waals surface area contributed by atoms with Crippen LogP contribution in [0.2, 0.25) is 0 Å². The molecule has 24 nitrogen and oxygen atoms in total. The number of hydrogen-bond acceptors (Lipinski definition) is 16. The number of aryl methyl sites for hydroxylation is 1. The molecule has 0 radical (unpaired) electrons. The number of rotatable bonds is 24. The number of carbonyl (C=O) groups excluding carboxylic acids is 10. The monoisotopic (exact) mass is 1170 g/mol. The van der Waals surface area contributed by atoms with Gasteiger partial charge in [0.25, 0.3) is 23.3 Å². The van der Waals surface area contributed by atoms with Crippen LogP contribution in [0.5, 0.6) is 0 Å². The Balaban J connectivity index is 0.924. The first-order valence-electron chi connectivity index (χ1n) is 28.5. The number of fused-ring (bicyclic) bond motifs is 5. The summed E-state index contributed by atoms with van der Waals surface area (Å²) in [6.45, 7) is 5.77. The van der Waals surface area contributed by atoms with Crippen molar-refractivity contribution in [1.29, 1.82) is 0 Å². The molecule has 0 saturated carbocycles. The van der Waals surface area contributed by atoms with Crippen LogP contribution in [0.4, 0.5) is 9.18 Å². The molecule has 2 aromatic carbocycles. The summed E-state index contributed by atoms with van der Waals surface area (Å²) in [5.74, 6) is -6.92. The Kier molecular flexibility index (Phi) is 19.4. The van der Waals surface area contributed by atoms with E-state index in [0.717, 1.165) is 4.90 Å². The number of aromatic nitrogens is 2. The van der Waals surface area contributed by atoms with Crippen LogP contribution in [0.25, 0.3) is 22.3 Å². The minimum Gasteiger partial charge on any atom is -0.458 e. The van der Waals surface area contributed by atoms with Gasteiger partial charge in [-0.3, -0.25) is 48.1 Å². The number of hydrogen-bond donors (Lipinski definition) is 7. The van der Waals surface area contributed by atoms with Crippen LogP contribution < -0.4 is 37.9 Å². The molecule has 0 fully saturated rings. The molecule has 4 atom stereocenters. The number of amides is 9. The van der Waals surface area contributed by atoms with Gasteiger partial charge in [0, 0.05) is 54.1 Å². The zero-order chi connectivity index (χ0) is 61.5. The minimum absolute atomic E-state index is 0.00218. The van der Waals surface area contributed by atoms with Gasteiger partial charge in [-0.1, -0.05) is 43.7 Å². The lowest BCUT2D eigenvalue weighted by molar-refractivity contribution is -0.172. The standard InChI is InChI=1S/C60H71FN10O14/c1-6-60(83)38-26-44-53-36(30-70(44)55(79)37(38)32-84-57(60)81)52-40(20-19-35-33(2)39(61)27-42(68-53)51(35)52)65-47(74)29-64-54(78)43(25-34-15-9-7-10-16-34)67-46(73)28-63-48(75)31-71(58(82)85-59(3,4)5)56(80)41(17-12-13-23-62)66-45(72)18-11-8-14-24-69-49(76)21-22-50(69)77/h7,9-10,15-16,21-22,26-27,40-41,43,83H,6,8,11-14,17-20,23-25,28-32,62H2,1-5H3,(H,63,75)(H,64,78)(H,65,74)(H,66,72)(H,67,73)/t40-,41-,43-,60-/m0/s1. The van der Waals surface area contributed by atoms with Crippen LogP contribution in [0.15, 0.2) is 59.4 Å². The van der Waals surface area contributed by atoms with E-state index in [4.69, 9.17) is 20.2 Å². The summed E-state index contributed by atoms with van der Waals surface area (Å²) in [5, 5.41) is 25.3. The van der Waals surface area contributed by atoms with Crippen LogP contribution in [0.3, 0.4) is 0 Å². The smallest absolute Gasteiger partial charge is 0.417 e. The largest absolute Gasteiger partial charge is 0.458 e. The van der Waals surface area contributed by atoms with E-state index in [1.54, 1.807) is 71.0 Å². The molecule has 25 heteroatoms. The molecule has 2 aromatic heterocycles. The van der Waals surface area contributed by atoms with E-state index in [0.29, 0.717) is 94.4 Å². The molecule has 8 rings (SSSR count). The maximum Gasteiger partial charge on any atom is 0.417 e. The van der Waals surface area contributed by atoms with Gasteiger partial charge in [-0.05, 0) is 114 Å². The number of imide groups is 2. The third-order valence-electron chi connectivity index (χ3n) is 15.5. The Hall–Kier alpha value is -8.71. The summed E-state index contributed by atoms with van der Waals surface area (Å²) in [7, 11) is 0. The first-order chi connectivity index (χ1) is 40.4. The van der Waals surface area contributed by atoms with Gasteiger partial charge in [0.1, 0.15) is 36.7 Å². The SMILES string of the molecule is CC[C@@]1(O)C(=O)OCc2c1cc1n(c2=O)Cc2c-1nc1cc(F)c(C)c3c1c2[C@@H](NC(=O)CNC(=O)[C@H](Cc1ccccc1)NC(=O)CNC(=O)CN(C(=O)OC(C)(C)C)C(=O)[C@H](CCCCN)NC(=O)CCCCCN1C(=O)C=CC1=O)CC3. The van der Waals surface area contributed by atoms with E-state index >= 15 is 4.39 Å². The number of halogens is 1. The Morgan fingerprint density at radius 3 is 2.28 bits per heavy atom. The molecule has 1 aliphatic carbocycles. The number of unbranched alkanes of at least 4 members (excludes halogenated alkanes) is 3. The molecule has 4 aliphatic rings. The maximum atomic E-state index is 15.6. The average molecular weight is 1180 g/mol. The second-order valence-corrected chi connectivity index (χ2v) is 22.6. The predicted molar refractivity (Wildman–Crippen MR) is 304 cm³/mol. The van der Waals surface area contributed by atoms with E-state index < -0.39 is 120 Å². The van der Waals surface area contributed by atoms with E-state index in [-0.39, 0.29) is 68.6 Å². The highest BCUT2D eigenvalue weighted by atomic mass is 19.1. The third kappa shape index (κ3) is 14.1. The van der Waals surface area contributed by atoms with Crippen molar-refractivity contribution in [3.8, 4) is 11.4 Å². The van der Waals surface area contributed by atoms with Gasteiger partial charge in [-0.2, -0.15) is 0 Å². The number of aliphatic hydroxyl groups is 1. The van der Waals surface area contributed by atoms with Crippen molar-refractivity contribution in [3.05, 3.63) is 110 Å². The van der Waals surface area contributed by atoms with E-state index in [1.807, 2.05) is 0 Å². The topological polar surface area (TPSA) is 337 Å². The van der Waals surface area contributed by atoms with Crippen LogP contribution in [0.1, 0.15) is 130 Å². The summed E-state index contributed by atoms with van der Waals surface area (Å²) in [6, 6.07) is 8.18. The Morgan fingerprint density at radius 2 is 1.59 bits per heavy atom. The van der Waals surface area contributed by atoms with Crippen molar-refractivity contribution < 1.29 is 66.9 Å². The number of nitrogens with one attached hydrogen (secondary N) is 5. The molecule has 4 aromatic rings. The number of esters is 1. The van der Waals surface area contributed by atoms with Crippen molar-refractivity contribution >= 4 is 70.2 Å². The first-order valence-corrected chi connectivity index (χ1v) is 28.5. The number of nitrogens with zero attached hydrogens (tertiary/aromatic N) is 4. The Morgan fingerprint density at radius 1 is 0.882 bits per heavy atom. The molecule has 0 saturated heterocycles.